The van der Waals surface area contributed by atoms with Crippen LogP contribution in [0.15, 0.2) is 0 Å². The molecule has 0 spiro atoms. The zero-order valence-corrected chi connectivity index (χ0v) is 6.02. The summed E-state index contributed by atoms with van der Waals surface area (Å²) in [6.07, 6.45) is 1.25. The van der Waals surface area contributed by atoms with Crippen molar-refractivity contribution < 1.29 is 9.53 Å². The Balaban J connectivity index is -0.0000000326. The molecule has 0 atom stereocenters. The van der Waals surface area contributed by atoms with E-state index in [1.807, 2.05) is 0 Å². The van der Waals surface area contributed by atoms with E-state index in [0.29, 0.717) is 0 Å². The molecule has 0 aliphatic rings. The molecule has 0 heterocycles. The summed E-state index contributed by atoms with van der Waals surface area (Å²) in [7, 11) is 1.35. The maximum absolute atomic E-state index is 9.59. The molecule has 0 fully saturated rings. The van der Waals surface area contributed by atoms with Crippen molar-refractivity contribution in [2.75, 3.05) is 7.11 Å². The van der Waals surface area contributed by atoms with E-state index in [1.54, 1.807) is 0 Å². The summed E-state index contributed by atoms with van der Waals surface area (Å²) < 4.78 is 4.11. The van der Waals surface area contributed by atoms with Crippen LogP contribution in [0.3, 0.4) is 0 Å². The van der Waals surface area contributed by atoms with Crippen LogP contribution < -0.4 is 0 Å². The van der Waals surface area contributed by atoms with Crippen molar-refractivity contribution in [1.29, 1.82) is 0 Å². The van der Waals surface area contributed by atoms with Gasteiger partial charge in [-0.15, -0.1) is 0 Å². The second kappa shape index (κ2) is 23.7. The molecule has 0 aliphatic carbocycles. The quantitative estimate of drug-likeness (QED) is 0.496. The molecule has 2 heteroatoms. The standard InChI is InChI=1S/C3H6O2.C3H8.2CH4/c1-3(4)5-2;1-3-2;;/h1-2H3;3H2,1-2H3;2*1H4. The highest BCUT2D eigenvalue weighted by Gasteiger charge is 1.75. The first kappa shape index (κ1) is 22.7. The van der Waals surface area contributed by atoms with Crippen LogP contribution in [0.2, 0.25) is 0 Å². The van der Waals surface area contributed by atoms with E-state index in [1.165, 1.54) is 20.5 Å². The Kier molecular flexibility index (Phi) is 53.7. The molecule has 0 N–H and O–H groups in total. The Morgan fingerprint density at radius 1 is 1.30 bits per heavy atom. The Hall–Kier alpha value is -0.530. The lowest BCUT2D eigenvalue weighted by molar-refractivity contribution is -0.137. The van der Waals surface area contributed by atoms with Crippen LogP contribution in [0.1, 0.15) is 42.0 Å². The predicted octanol–water partition coefficient (Wildman–Crippen LogP) is 2.87. The molecule has 2 nitrogen and oxygen atoms in total. The van der Waals surface area contributed by atoms with Gasteiger partial charge in [0.05, 0.1) is 7.11 Å². The number of hydrogen-bond acceptors (Lipinski definition) is 2. The average molecular weight is 150 g/mol. The first-order valence-electron chi connectivity index (χ1n) is 2.73. The molecular formula is C8H22O2. The van der Waals surface area contributed by atoms with Crippen molar-refractivity contribution in [3.8, 4) is 0 Å². The van der Waals surface area contributed by atoms with Crippen molar-refractivity contribution in [1.82, 2.24) is 0 Å². The van der Waals surface area contributed by atoms with Gasteiger partial charge in [0, 0.05) is 6.92 Å². The largest absolute Gasteiger partial charge is 0.469 e. The molecule has 0 saturated heterocycles. The first-order chi connectivity index (χ1) is 3.68. The highest BCUT2D eigenvalue weighted by atomic mass is 16.5. The summed E-state index contributed by atoms with van der Waals surface area (Å²) in [6, 6.07) is 0. The third kappa shape index (κ3) is 145. The number of rotatable bonds is 0. The summed E-state index contributed by atoms with van der Waals surface area (Å²) in [5.41, 5.74) is 0. The van der Waals surface area contributed by atoms with Gasteiger partial charge < -0.3 is 4.74 Å². The summed E-state index contributed by atoms with van der Waals surface area (Å²) in [6.45, 7) is 5.61. The van der Waals surface area contributed by atoms with E-state index in [0.717, 1.165) is 0 Å². The van der Waals surface area contributed by atoms with Crippen LogP contribution in [-0.4, -0.2) is 13.1 Å². The summed E-state index contributed by atoms with van der Waals surface area (Å²) in [5.74, 6) is -0.245. The Morgan fingerprint density at radius 3 is 1.40 bits per heavy atom. The van der Waals surface area contributed by atoms with Gasteiger partial charge in [-0.1, -0.05) is 35.1 Å². The van der Waals surface area contributed by atoms with Gasteiger partial charge in [0.15, 0.2) is 0 Å². The molecule has 10 heavy (non-hydrogen) atoms. The number of hydrogen-bond donors (Lipinski definition) is 0. The minimum atomic E-state index is -0.245. The molecule has 0 aliphatic heterocycles. The molecule has 0 rings (SSSR count). The lowest BCUT2D eigenvalue weighted by Gasteiger charge is -1.80. The topological polar surface area (TPSA) is 26.3 Å². The van der Waals surface area contributed by atoms with E-state index < -0.39 is 0 Å². The minimum Gasteiger partial charge on any atom is -0.469 e. The van der Waals surface area contributed by atoms with Crippen molar-refractivity contribution in [2.24, 2.45) is 0 Å². The molecule has 0 bridgehead atoms. The van der Waals surface area contributed by atoms with Gasteiger partial charge in [-0.3, -0.25) is 4.79 Å². The number of ether oxygens (including phenoxy) is 1. The Morgan fingerprint density at radius 2 is 1.40 bits per heavy atom. The predicted molar refractivity (Wildman–Crippen MR) is 47.1 cm³/mol. The third-order valence-electron chi connectivity index (χ3n) is 0.287. The van der Waals surface area contributed by atoms with Gasteiger partial charge in [0.25, 0.3) is 0 Å². The lowest BCUT2D eigenvalue weighted by Crippen LogP contribution is -1.88. The fraction of sp³-hybridized carbons (Fsp3) is 0.875. The SMILES string of the molecule is C.C.CCC.COC(C)=O. The van der Waals surface area contributed by atoms with Crippen LogP contribution in [0.25, 0.3) is 0 Å². The molecule has 0 amide bonds. The zero-order valence-electron chi connectivity index (χ0n) is 6.02. The maximum Gasteiger partial charge on any atom is 0.302 e. The fourth-order valence-electron chi connectivity index (χ4n) is 0. The van der Waals surface area contributed by atoms with Gasteiger partial charge in [-0.2, -0.15) is 0 Å². The van der Waals surface area contributed by atoms with Crippen molar-refractivity contribution >= 4 is 5.97 Å². The van der Waals surface area contributed by atoms with Gasteiger partial charge in [0.2, 0.25) is 0 Å². The normalized spacial score (nSPS) is 5.20. The van der Waals surface area contributed by atoms with E-state index in [9.17, 15) is 4.79 Å². The number of carbonyl (C=O) groups is 1. The molecule has 0 unspecified atom stereocenters. The Bertz CT molecular complexity index is 51.2. The summed E-state index contributed by atoms with van der Waals surface area (Å²) in [4.78, 5) is 9.59. The zero-order chi connectivity index (χ0) is 6.99. The minimum absolute atomic E-state index is 0. The number of methoxy groups -OCH3 is 1. The molecule has 66 valence electrons. The average Bonchev–Trinajstić information content (AvgIpc) is 1.69. The summed E-state index contributed by atoms with van der Waals surface area (Å²) >= 11 is 0. The highest BCUT2D eigenvalue weighted by molar-refractivity contribution is 5.65. The van der Waals surface area contributed by atoms with Crippen molar-refractivity contribution in [3.63, 3.8) is 0 Å². The van der Waals surface area contributed by atoms with Crippen molar-refractivity contribution in [2.45, 2.75) is 42.0 Å². The van der Waals surface area contributed by atoms with Gasteiger partial charge in [-0.05, 0) is 0 Å². The first-order valence-corrected chi connectivity index (χ1v) is 2.73. The molecule has 0 aromatic rings. The van der Waals surface area contributed by atoms with Gasteiger partial charge in [0.1, 0.15) is 0 Å². The second-order valence-corrected chi connectivity index (χ2v) is 1.40. The fourth-order valence-corrected chi connectivity index (χ4v) is 0. The van der Waals surface area contributed by atoms with Crippen LogP contribution in [0.5, 0.6) is 0 Å². The third-order valence-corrected chi connectivity index (χ3v) is 0.287. The van der Waals surface area contributed by atoms with Gasteiger partial charge in [-0.25, -0.2) is 0 Å². The monoisotopic (exact) mass is 150 g/mol. The van der Waals surface area contributed by atoms with Crippen LogP contribution in [0, 0.1) is 0 Å². The van der Waals surface area contributed by atoms with E-state index in [4.69, 9.17) is 0 Å². The summed E-state index contributed by atoms with van der Waals surface area (Å²) in [5, 5.41) is 0. The Labute approximate surface area is 65.6 Å². The molecular weight excluding hydrogens is 128 g/mol. The van der Waals surface area contributed by atoms with Crippen LogP contribution in [-0.2, 0) is 9.53 Å². The molecule has 0 aromatic carbocycles. The lowest BCUT2D eigenvalue weighted by atomic mass is 10.6. The smallest absolute Gasteiger partial charge is 0.302 e. The molecule has 0 saturated carbocycles. The van der Waals surface area contributed by atoms with Crippen LogP contribution >= 0.6 is 0 Å². The van der Waals surface area contributed by atoms with Crippen molar-refractivity contribution in [3.05, 3.63) is 0 Å². The number of carbonyl (C=O) groups excluding carboxylic acids is 1. The van der Waals surface area contributed by atoms with E-state index in [2.05, 4.69) is 18.6 Å². The van der Waals surface area contributed by atoms with Gasteiger partial charge >= 0.3 is 5.97 Å². The second-order valence-electron chi connectivity index (χ2n) is 1.40. The number of esters is 1. The molecule has 0 radical (unpaired) electrons. The van der Waals surface area contributed by atoms with E-state index in [-0.39, 0.29) is 20.8 Å². The highest BCUT2D eigenvalue weighted by Crippen LogP contribution is 1.60. The van der Waals surface area contributed by atoms with E-state index >= 15 is 0 Å². The maximum atomic E-state index is 9.59. The van der Waals surface area contributed by atoms with Crippen LogP contribution in [0.4, 0.5) is 0 Å². The molecule has 0 aromatic heterocycles.